The second-order valence-corrected chi connectivity index (χ2v) is 2.38. The number of hydrogen-bond donors (Lipinski definition) is 1. The molecule has 0 aromatic rings. The highest BCUT2D eigenvalue weighted by Gasteiger charge is 2.16. The SMILES string of the molecule is O=C(O)C(F)=C1CCCOC1. The molecule has 0 amide bonds. The molecule has 3 nitrogen and oxygen atoms in total. The summed E-state index contributed by atoms with van der Waals surface area (Å²) >= 11 is 0. The minimum absolute atomic E-state index is 0.123. The number of carbonyl (C=O) groups is 1. The Morgan fingerprint density at radius 3 is 2.82 bits per heavy atom. The maximum atomic E-state index is 12.6. The van der Waals surface area contributed by atoms with E-state index in [0.717, 1.165) is 0 Å². The number of carboxylic acid groups (broad SMARTS) is 1. The summed E-state index contributed by atoms with van der Waals surface area (Å²) in [5.41, 5.74) is 0.267. The smallest absolute Gasteiger partial charge is 0.364 e. The van der Waals surface area contributed by atoms with E-state index in [4.69, 9.17) is 9.84 Å². The molecule has 0 aromatic heterocycles. The van der Waals surface area contributed by atoms with Gasteiger partial charge in [0.2, 0.25) is 5.83 Å². The van der Waals surface area contributed by atoms with Gasteiger partial charge in [-0.15, -0.1) is 0 Å². The first-order valence-corrected chi connectivity index (χ1v) is 3.40. The van der Waals surface area contributed by atoms with Gasteiger partial charge in [-0.25, -0.2) is 4.79 Å². The molecule has 0 unspecified atom stereocenters. The molecule has 1 N–H and O–H groups in total. The maximum Gasteiger partial charge on any atom is 0.364 e. The highest BCUT2D eigenvalue weighted by molar-refractivity contribution is 5.84. The largest absolute Gasteiger partial charge is 0.476 e. The van der Waals surface area contributed by atoms with Crippen molar-refractivity contribution in [1.82, 2.24) is 0 Å². The molecule has 1 rings (SSSR count). The first-order chi connectivity index (χ1) is 5.22. The van der Waals surface area contributed by atoms with E-state index in [1.54, 1.807) is 0 Å². The minimum atomic E-state index is -1.49. The lowest BCUT2D eigenvalue weighted by Gasteiger charge is -2.13. The Morgan fingerprint density at radius 2 is 2.36 bits per heavy atom. The molecule has 0 aromatic carbocycles. The number of rotatable bonds is 1. The van der Waals surface area contributed by atoms with E-state index in [1.807, 2.05) is 0 Å². The molecule has 1 fully saturated rings. The Bertz CT molecular complexity index is 190. The number of hydrogen-bond acceptors (Lipinski definition) is 2. The second kappa shape index (κ2) is 3.48. The lowest BCUT2D eigenvalue weighted by molar-refractivity contribution is -0.134. The summed E-state index contributed by atoms with van der Waals surface area (Å²) in [4.78, 5) is 10.1. The summed E-state index contributed by atoms with van der Waals surface area (Å²) in [6.45, 7) is 0.717. The van der Waals surface area contributed by atoms with Gasteiger partial charge < -0.3 is 9.84 Å². The third kappa shape index (κ3) is 2.01. The van der Waals surface area contributed by atoms with Crippen LogP contribution in [0, 0.1) is 0 Å². The molecule has 0 radical (unpaired) electrons. The summed E-state index contributed by atoms with van der Waals surface area (Å²) in [5, 5.41) is 8.25. The van der Waals surface area contributed by atoms with Gasteiger partial charge in [0.25, 0.3) is 0 Å². The van der Waals surface area contributed by atoms with Crippen LogP contribution in [0.15, 0.2) is 11.4 Å². The Kier molecular flexibility index (Phi) is 2.59. The van der Waals surface area contributed by atoms with Crippen LogP contribution in [-0.4, -0.2) is 24.3 Å². The third-order valence-electron chi connectivity index (χ3n) is 1.54. The average molecular weight is 160 g/mol. The molecule has 1 aliphatic heterocycles. The van der Waals surface area contributed by atoms with Crippen LogP contribution in [0.3, 0.4) is 0 Å². The zero-order chi connectivity index (χ0) is 8.27. The van der Waals surface area contributed by atoms with Gasteiger partial charge in [-0.05, 0) is 18.4 Å². The Hall–Kier alpha value is -0.900. The van der Waals surface area contributed by atoms with Crippen LogP contribution < -0.4 is 0 Å². The Morgan fingerprint density at radius 1 is 1.64 bits per heavy atom. The molecule has 0 aliphatic carbocycles. The molecule has 1 heterocycles. The van der Waals surface area contributed by atoms with Crippen LogP contribution in [0.2, 0.25) is 0 Å². The Labute approximate surface area is 63.5 Å². The standard InChI is InChI=1S/C7H9FO3/c8-6(7(9)10)5-2-1-3-11-4-5/h1-4H2,(H,9,10). The molecule has 0 bridgehead atoms. The lowest BCUT2D eigenvalue weighted by atomic mass is 10.1. The fourth-order valence-corrected chi connectivity index (χ4v) is 0.979. The van der Waals surface area contributed by atoms with Crippen molar-refractivity contribution in [1.29, 1.82) is 0 Å². The zero-order valence-electron chi connectivity index (χ0n) is 5.97. The predicted octanol–water partition coefficient (Wildman–Crippen LogP) is 1.10. The van der Waals surface area contributed by atoms with E-state index in [9.17, 15) is 9.18 Å². The lowest BCUT2D eigenvalue weighted by Crippen LogP contribution is -2.12. The fraction of sp³-hybridized carbons (Fsp3) is 0.571. The molecule has 4 heteroatoms. The summed E-state index contributed by atoms with van der Waals surface area (Å²) in [7, 11) is 0. The molecule has 1 aliphatic rings. The molecule has 0 saturated carbocycles. The molecule has 11 heavy (non-hydrogen) atoms. The third-order valence-corrected chi connectivity index (χ3v) is 1.54. The van der Waals surface area contributed by atoms with Gasteiger partial charge in [-0.1, -0.05) is 0 Å². The fourth-order valence-electron chi connectivity index (χ4n) is 0.979. The van der Waals surface area contributed by atoms with Gasteiger partial charge in [0.15, 0.2) is 0 Å². The van der Waals surface area contributed by atoms with Gasteiger partial charge in [0.1, 0.15) is 0 Å². The van der Waals surface area contributed by atoms with Crippen molar-refractivity contribution >= 4 is 5.97 Å². The van der Waals surface area contributed by atoms with Gasteiger partial charge in [0.05, 0.1) is 6.61 Å². The second-order valence-electron chi connectivity index (χ2n) is 2.38. The molecule has 0 atom stereocenters. The van der Waals surface area contributed by atoms with Crippen LogP contribution >= 0.6 is 0 Å². The van der Waals surface area contributed by atoms with E-state index in [2.05, 4.69) is 0 Å². The topological polar surface area (TPSA) is 46.5 Å². The van der Waals surface area contributed by atoms with Crippen molar-refractivity contribution in [2.24, 2.45) is 0 Å². The summed E-state index contributed by atoms with van der Waals surface area (Å²) in [6.07, 6.45) is 1.20. The number of carboxylic acids is 1. The van der Waals surface area contributed by atoms with E-state index < -0.39 is 11.8 Å². The predicted molar refractivity (Wildman–Crippen MR) is 35.8 cm³/mol. The van der Waals surface area contributed by atoms with E-state index in [1.165, 1.54) is 0 Å². The summed E-state index contributed by atoms with van der Waals surface area (Å²) in [6, 6.07) is 0. The number of ether oxygens (including phenoxy) is 1. The minimum Gasteiger partial charge on any atom is -0.476 e. The van der Waals surface area contributed by atoms with Crippen molar-refractivity contribution in [3.05, 3.63) is 11.4 Å². The first-order valence-electron chi connectivity index (χ1n) is 3.40. The van der Waals surface area contributed by atoms with Crippen molar-refractivity contribution in [3.63, 3.8) is 0 Å². The van der Waals surface area contributed by atoms with Crippen LogP contribution in [0.1, 0.15) is 12.8 Å². The van der Waals surface area contributed by atoms with Gasteiger partial charge >= 0.3 is 5.97 Å². The zero-order valence-corrected chi connectivity index (χ0v) is 5.97. The Balaban J connectivity index is 2.68. The quantitative estimate of drug-likeness (QED) is 0.584. The van der Waals surface area contributed by atoms with Gasteiger partial charge in [0, 0.05) is 6.61 Å². The van der Waals surface area contributed by atoms with E-state index in [0.29, 0.717) is 19.4 Å². The molecule has 1 saturated heterocycles. The molecule has 0 spiro atoms. The average Bonchev–Trinajstić information content (AvgIpc) is 2.05. The highest BCUT2D eigenvalue weighted by atomic mass is 19.1. The molecular formula is C7H9FO3. The van der Waals surface area contributed by atoms with Crippen LogP contribution in [0.25, 0.3) is 0 Å². The van der Waals surface area contributed by atoms with Crippen molar-refractivity contribution in [3.8, 4) is 0 Å². The maximum absolute atomic E-state index is 12.6. The number of halogens is 1. The van der Waals surface area contributed by atoms with Crippen LogP contribution in [-0.2, 0) is 9.53 Å². The molecular weight excluding hydrogens is 151 g/mol. The normalized spacial score (nSPS) is 23.0. The number of aliphatic carboxylic acids is 1. The first kappa shape index (κ1) is 8.20. The van der Waals surface area contributed by atoms with Gasteiger partial charge in [-0.3, -0.25) is 0 Å². The summed E-state index contributed by atoms with van der Waals surface area (Å²) < 4.78 is 17.5. The highest BCUT2D eigenvalue weighted by Crippen LogP contribution is 2.17. The van der Waals surface area contributed by atoms with E-state index in [-0.39, 0.29) is 12.2 Å². The molecule has 62 valence electrons. The van der Waals surface area contributed by atoms with E-state index >= 15 is 0 Å². The van der Waals surface area contributed by atoms with Crippen molar-refractivity contribution in [2.45, 2.75) is 12.8 Å². The van der Waals surface area contributed by atoms with Gasteiger partial charge in [-0.2, -0.15) is 4.39 Å². The summed E-state index contributed by atoms with van der Waals surface area (Å²) in [5.74, 6) is -2.55. The van der Waals surface area contributed by atoms with Crippen LogP contribution in [0.5, 0.6) is 0 Å². The van der Waals surface area contributed by atoms with Crippen LogP contribution in [0.4, 0.5) is 4.39 Å². The monoisotopic (exact) mass is 160 g/mol. The van der Waals surface area contributed by atoms with Crippen molar-refractivity contribution < 1.29 is 19.0 Å². The van der Waals surface area contributed by atoms with Crippen molar-refractivity contribution in [2.75, 3.05) is 13.2 Å².